The number of carbonyl (C=O) groups excluding carboxylic acids is 1. The Morgan fingerprint density at radius 2 is 1.15 bits per heavy atom. The van der Waals surface area contributed by atoms with Crippen molar-refractivity contribution in [2.75, 3.05) is 53.1 Å². The minimum atomic E-state index is -1.09. The van der Waals surface area contributed by atoms with Gasteiger partial charge in [-0.2, -0.15) is 0 Å². The standard InChI is InChI=1S/C16H36N.C6H12O4/c1-5-9-13-17(14-10-6-2,15-11-7-3)16-12-8-4;1-9-4-5-10-3-2-6(7)8/h5-16H2,1-4H3;2-5H2,1H3,(H,7,8)/q+1;/p-1. The Balaban J connectivity index is 0. The molecule has 0 spiro atoms. The number of rotatable bonds is 18. The quantitative estimate of drug-likeness (QED) is 0.264. The molecule has 0 unspecified atom stereocenters. The zero-order chi connectivity index (χ0) is 20.8. The number of ether oxygens (including phenoxy) is 2. The molecule has 27 heavy (non-hydrogen) atoms. The summed E-state index contributed by atoms with van der Waals surface area (Å²) in [7, 11) is 1.56. The number of methoxy groups -OCH3 is 1. The van der Waals surface area contributed by atoms with Crippen molar-refractivity contribution >= 4 is 5.97 Å². The van der Waals surface area contributed by atoms with Crippen LogP contribution in [-0.2, 0) is 14.3 Å². The molecular weight excluding hydrogens is 342 g/mol. The van der Waals surface area contributed by atoms with Crippen molar-refractivity contribution in [3.8, 4) is 0 Å². The number of carbonyl (C=O) groups is 1. The molecule has 0 rings (SSSR count). The number of hydrogen-bond acceptors (Lipinski definition) is 4. The molecule has 0 aliphatic heterocycles. The first kappa shape index (κ1) is 28.6. The van der Waals surface area contributed by atoms with Crippen molar-refractivity contribution in [1.82, 2.24) is 0 Å². The fraction of sp³-hybridized carbons (Fsp3) is 0.955. The maximum atomic E-state index is 9.81. The summed E-state index contributed by atoms with van der Waals surface area (Å²) in [4.78, 5) is 9.81. The zero-order valence-electron chi connectivity index (χ0n) is 18.9. The third kappa shape index (κ3) is 19.9. The van der Waals surface area contributed by atoms with Gasteiger partial charge < -0.3 is 23.9 Å². The van der Waals surface area contributed by atoms with Crippen molar-refractivity contribution in [2.45, 2.75) is 85.5 Å². The number of carboxylic acid groups (broad SMARTS) is 1. The first-order valence-corrected chi connectivity index (χ1v) is 11.1. The van der Waals surface area contributed by atoms with Gasteiger partial charge in [-0.3, -0.25) is 0 Å². The van der Waals surface area contributed by atoms with Gasteiger partial charge in [0.2, 0.25) is 0 Å². The number of nitrogens with zero attached hydrogens (tertiary/aromatic N) is 1. The molecule has 0 radical (unpaired) electrons. The van der Waals surface area contributed by atoms with Crippen LogP contribution >= 0.6 is 0 Å². The van der Waals surface area contributed by atoms with Crippen molar-refractivity contribution in [3.63, 3.8) is 0 Å². The number of aliphatic carboxylic acids is 1. The van der Waals surface area contributed by atoms with Crippen LogP contribution in [0.2, 0.25) is 0 Å². The monoisotopic (exact) mass is 389 g/mol. The van der Waals surface area contributed by atoms with E-state index in [1.807, 2.05) is 0 Å². The molecule has 0 aromatic carbocycles. The lowest BCUT2D eigenvalue weighted by Gasteiger charge is -2.39. The predicted molar refractivity (Wildman–Crippen MR) is 112 cm³/mol. The summed E-state index contributed by atoms with van der Waals surface area (Å²) in [5.74, 6) is -1.09. The van der Waals surface area contributed by atoms with Gasteiger partial charge in [-0.05, 0) is 25.7 Å². The number of unbranched alkanes of at least 4 members (excludes halogenated alkanes) is 4. The van der Waals surface area contributed by atoms with Crippen molar-refractivity contribution in [3.05, 3.63) is 0 Å². The first-order valence-electron chi connectivity index (χ1n) is 11.1. The predicted octanol–water partition coefficient (Wildman–Crippen LogP) is 3.79. The summed E-state index contributed by atoms with van der Waals surface area (Å²) in [6, 6.07) is 0. The molecular formula is C22H47NO4. The number of carboxylic acids is 1. The molecule has 0 saturated carbocycles. The van der Waals surface area contributed by atoms with E-state index in [1.54, 1.807) is 7.11 Å². The van der Waals surface area contributed by atoms with Gasteiger partial charge in [0.1, 0.15) is 0 Å². The molecule has 0 aromatic heterocycles. The molecule has 164 valence electrons. The molecule has 0 saturated heterocycles. The Bertz CT molecular complexity index is 273. The lowest BCUT2D eigenvalue weighted by molar-refractivity contribution is -0.929. The molecule has 5 heteroatoms. The second-order valence-corrected chi connectivity index (χ2v) is 7.38. The largest absolute Gasteiger partial charge is 0.550 e. The fourth-order valence-corrected chi connectivity index (χ4v) is 3.04. The summed E-state index contributed by atoms with van der Waals surface area (Å²) in [5.41, 5.74) is 0. The molecule has 0 aliphatic carbocycles. The lowest BCUT2D eigenvalue weighted by Crippen LogP contribution is -2.50. The maximum absolute atomic E-state index is 9.81. The van der Waals surface area contributed by atoms with E-state index in [9.17, 15) is 9.90 Å². The van der Waals surface area contributed by atoms with Gasteiger partial charge >= 0.3 is 0 Å². The molecule has 0 fully saturated rings. The smallest absolute Gasteiger partial charge is 0.0786 e. The Labute approximate surface area is 169 Å². The van der Waals surface area contributed by atoms with Crippen LogP contribution in [0.25, 0.3) is 0 Å². The van der Waals surface area contributed by atoms with Crippen LogP contribution in [0.5, 0.6) is 0 Å². The summed E-state index contributed by atoms with van der Waals surface area (Å²) >= 11 is 0. The van der Waals surface area contributed by atoms with Gasteiger partial charge in [-0.25, -0.2) is 0 Å². The van der Waals surface area contributed by atoms with Crippen LogP contribution in [0.15, 0.2) is 0 Å². The Kier molecular flexibility index (Phi) is 22.9. The van der Waals surface area contributed by atoms with Crippen LogP contribution in [0.4, 0.5) is 0 Å². The molecule has 0 amide bonds. The number of hydrogen-bond donors (Lipinski definition) is 0. The molecule has 0 aromatic rings. The number of quaternary nitrogens is 1. The molecule has 0 bridgehead atoms. The van der Waals surface area contributed by atoms with Gasteiger partial charge in [0.05, 0.1) is 46.0 Å². The third-order valence-electron chi connectivity index (χ3n) is 4.83. The highest BCUT2D eigenvalue weighted by Gasteiger charge is 2.24. The van der Waals surface area contributed by atoms with Crippen molar-refractivity contribution < 1.29 is 23.9 Å². The Morgan fingerprint density at radius 1 is 0.741 bits per heavy atom. The normalized spacial score (nSPS) is 11.1. The van der Waals surface area contributed by atoms with Gasteiger partial charge in [-0.1, -0.05) is 53.4 Å². The van der Waals surface area contributed by atoms with E-state index in [4.69, 9.17) is 4.74 Å². The second-order valence-electron chi connectivity index (χ2n) is 7.38. The summed E-state index contributed by atoms with van der Waals surface area (Å²) in [6.45, 7) is 16.1. The minimum Gasteiger partial charge on any atom is -0.550 e. The van der Waals surface area contributed by atoms with Crippen LogP contribution in [0.3, 0.4) is 0 Å². The van der Waals surface area contributed by atoms with Gasteiger partial charge in [0.25, 0.3) is 0 Å². The second kappa shape index (κ2) is 21.6. The Morgan fingerprint density at radius 3 is 1.44 bits per heavy atom. The first-order chi connectivity index (χ1) is 13.0. The van der Waals surface area contributed by atoms with Crippen molar-refractivity contribution in [1.29, 1.82) is 0 Å². The van der Waals surface area contributed by atoms with E-state index >= 15 is 0 Å². The van der Waals surface area contributed by atoms with Crippen molar-refractivity contribution in [2.24, 2.45) is 0 Å². The van der Waals surface area contributed by atoms with E-state index in [-0.39, 0.29) is 13.0 Å². The highest BCUT2D eigenvalue weighted by atomic mass is 16.5. The van der Waals surface area contributed by atoms with E-state index in [2.05, 4.69) is 32.4 Å². The van der Waals surface area contributed by atoms with Gasteiger partial charge in [-0.15, -0.1) is 0 Å². The summed E-state index contributed by atoms with van der Waals surface area (Å²) in [6.07, 6.45) is 11.0. The zero-order valence-corrected chi connectivity index (χ0v) is 18.9. The maximum Gasteiger partial charge on any atom is 0.0786 e. The highest BCUT2D eigenvalue weighted by molar-refractivity contribution is 5.64. The topological polar surface area (TPSA) is 58.6 Å². The minimum absolute atomic E-state index is 0.0519. The van der Waals surface area contributed by atoms with E-state index < -0.39 is 5.97 Å². The van der Waals surface area contributed by atoms with E-state index in [1.165, 1.54) is 82.0 Å². The van der Waals surface area contributed by atoms with Crippen LogP contribution in [0, 0.1) is 0 Å². The molecule has 0 atom stereocenters. The molecule has 0 aliphatic rings. The fourth-order valence-electron chi connectivity index (χ4n) is 3.04. The lowest BCUT2D eigenvalue weighted by atomic mass is 10.1. The van der Waals surface area contributed by atoms with Gasteiger partial charge in [0, 0.05) is 19.5 Å². The molecule has 0 heterocycles. The van der Waals surface area contributed by atoms with Crippen LogP contribution in [0.1, 0.15) is 85.5 Å². The summed E-state index contributed by atoms with van der Waals surface area (Å²) < 4.78 is 10.9. The van der Waals surface area contributed by atoms with Crippen LogP contribution < -0.4 is 5.11 Å². The average molecular weight is 390 g/mol. The average Bonchev–Trinajstić information content (AvgIpc) is 2.67. The van der Waals surface area contributed by atoms with Crippen LogP contribution in [-0.4, -0.2) is 63.6 Å². The van der Waals surface area contributed by atoms with E-state index in [0.717, 1.165) is 0 Å². The Hall–Kier alpha value is -0.650. The summed E-state index contributed by atoms with van der Waals surface area (Å²) in [5, 5.41) is 9.81. The highest BCUT2D eigenvalue weighted by Crippen LogP contribution is 2.16. The molecule has 0 N–H and O–H groups in total. The van der Waals surface area contributed by atoms with Gasteiger partial charge in [0.15, 0.2) is 0 Å². The SMILES string of the molecule is CCCC[N+](CCCC)(CCCC)CCCC.COCCOCCC(=O)[O-]. The van der Waals surface area contributed by atoms with E-state index in [0.29, 0.717) is 13.2 Å². The third-order valence-corrected chi connectivity index (χ3v) is 4.83. The molecule has 5 nitrogen and oxygen atoms in total.